The average molecular weight is 283 g/mol. The van der Waals surface area contributed by atoms with Crippen LogP contribution in [0.2, 0.25) is 0 Å². The number of carbonyl (C=O) groups excluding carboxylic acids is 1. The van der Waals surface area contributed by atoms with Crippen LogP contribution in [0.1, 0.15) is 19.8 Å². The maximum atomic E-state index is 11.3. The van der Waals surface area contributed by atoms with Gasteiger partial charge in [0, 0.05) is 36.0 Å². The molecule has 4 heteroatoms. The van der Waals surface area contributed by atoms with Crippen molar-refractivity contribution >= 4 is 28.8 Å². The Morgan fingerprint density at radius 1 is 1.75 bits per heavy atom. The number of halogens is 1. The van der Waals surface area contributed by atoms with Gasteiger partial charge in [0.2, 0.25) is 0 Å². The van der Waals surface area contributed by atoms with E-state index in [1.54, 1.807) is 0 Å². The van der Waals surface area contributed by atoms with Crippen molar-refractivity contribution in [3.05, 3.63) is 0 Å². The lowest BCUT2D eigenvalue weighted by Gasteiger charge is -2.26. The molecule has 1 rings (SSSR count). The average Bonchev–Trinajstić information content (AvgIpc) is 2.05. The zero-order valence-electron chi connectivity index (χ0n) is 7.25. The lowest BCUT2D eigenvalue weighted by molar-refractivity contribution is -0.149. The summed E-state index contributed by atoms with van der Waals surface area (Å²) in [6.07, 6.45) is 2.09. The number of carbonyl (C=O) groups is 1. The first-order valence-corrected chi connectivity index (χ1v) is 5.28. The van der Waals surface area contributed by atoms with Crippen LogP contribution in [0.5, 0.6) is 0 Å². The van der Waals surface area contributed by atoms with Crippen LogP contribution in [-0.4, -0.2) is 28.8 Å². The van der Waals surface area contributed by atoms with Crippen LogP contribution in [-0.2, 0) is 9.53 Å². The van der Waals surface area contributed by atoms with Gasteiger partial charge in [-0.05, 0) is 19.8 Å². The summed E-state index contributed by atoms with van der Waals surface area (Å²) in [7, 11) is 0. The van der Waals surface area contributed by atoms with Gasteiger partial charge in [0.15, 0.2) is 0 Å². The third-order valence-corrected chi connectivity index (χ3v) is 2.87. The molecule has 3 nitrogen and oxygen atoms in total. The van der Waals surface area contributed by atoms with E-state index in [1.165, 1.54) is 0 Å². The number of rotatable bonds is 2. The summed E-state index contributed by atoms with van der Waals surface area (Å²) in [6.45, 7) is 4.29. The minimum absolute atomic E-state index is 0.0288. The number of esters is 1. The second-order valence-corrected chi connectivity index (χ2v) is 4.32. The van der Waals surface area contributed by atoms with Crippen molar-refractivity contribution < 1.29 is 9.53 Å². The van der Waals surface area contributed by atoms with E-state index >= 15 is 0 Å². The Kier molecular flexibility index (Phi) is 4.28. The third kappa shape index (κ3) is 2.90. The normalized spacial score (nSPS) is 25.3. The molecular weight excluding hydrogens is 269 g/mol. The van der Waals surface area contributed by atoms with Crippen molar-refractivity contribution in [2.45, 2.75) is 19.8 Å². The quantitative estimate of drug-likeness (QED) is 0.438. The number of piperidine rings is 1. The maximum Gasteiger partial charge on any atom is 0.310 e. The first-order chi connectivity index (χ1) is 5.74. The van der Waals surface area contributed by atoms with Gasteiger partial charge in [0.05, 0.1) is 12.5 Å². The lowest BCUT2D eigenvalue weighted by Crippen LogP contribution is -2.33. The van der Waals surface area contributed by atoms with E-state index in [0.29, 0.717) is 6.61 Å². The summed E-state index contributed by atoms with van der Waals surface area (Å²) in [4.78, 5) is 11.3. The maximum absolute atomic E-state index is 11.3. The summed E-state index contributed by atoms with van der Waals surface area (Å²) < 4.78 is 7.12. The van der Waals surface area contributed by atoms with Gasteiger partial charge in [-0.3, -0.25) is 4.79 Å². The van der Waals surface area contributed by atoms with E-state index in [0.717, 1.165) is 25.9 Å². The van der Waals surface area contributed by atoms with Gasteiger partial charge < -0.3 is 4.74 Å². The highest BCUT2D eigenvalue weighted by atomic mass is 127. The summed E-state index contributed by atoms with van der Waals surface area (Å²) in [5.41, 5.74) is 0. The molecule has 12 heavy (non-hydrogen) atoms. The minimum Gasteiger partial charge on any atom is -0.466 e. The van der Waals surface area contributed by atoms with Crippen molar-refractivity contribution in [3.63, 3.8) is 0 Å². The molecule has 0 saturated carbocycles. The molecule has 1 aliphatic rings. The van der Waals surface area contributed by atoms with Crippen LogP contribution in [0.4, 0.5) is 0 Å². The van der Waals surface area contributed by atoms with Crippen LogP contribution < -0.4 is 0 Å². The fourth-order valence-corrected chi connectivity index (χ4v) is 2.20. The van der Waals surface area contributed by atoms with Gasteiger partial charge in [-0.15, -0.1) is 0 Å². The highest BCUT2D eigenvalue weighted by Crippen LogP contribution is 2.20. The predicted molar refractivity (Wildman–Crippen MR) is 55.0 cm³/mol. The molecule has 0 aliphatic carbocycles. The zero-order chi connectivity index (χ0) is 8.97. The molecule has 70 valence electrons. The van der Waals surface area contributed by atoms with Gasteiger partial charge >= 0.3 is 5.97 Å². The molecule has 0 spiro atoms. The number of nitrogens with zero attached hydrogens (tertiary/aromatic N) is 1. The van der Waals surface area contributed by atoms with E-state index < -0.39 is 0 Å². The molecule has 0 radical (unpaired) electrons. The molecule has 0 aromatic rings. The summed E-state index contributed by atoms with van der Waals surface area (Å²) in [5, 5.41) is 0. The second kappa shape index (κ2) is 5.01. The van der Waals surface area contributed by atoms with Crippen LogP contribution in [0.15, 0.2) is 0 Å². The highest BCUT2D eigenvalue weighted by molar-refractivity contribution is 14.1. The number of ether oxygens (including phenoxy) is 1. The topological polar surface area (TPSA) is 29.5 Å². The Hall–Kier alpha value is 0.160. The van der Waals surface area contributed by atoms with Crippen molar-refractivity contribution in [1.82, 2.24) is 3.11 Å². The highest BCUT2D eigenvalue weighted by Gasteiger charge is 2.25. The monoisotopic (exact) mass is 283 g/mol. The zero-order valence-corrected chi connectivity index (χ0v) is 9.41. The largest absolute Gasteiger partial charge is 0.466 e. The van der Waals surface area contributed by atoms with E-state index in [-0.39, 0.29) is 11.9 Å². The van der Waals surface area contributed by atoms with Gasteiger partial charge in [-0.25, -0.2) is 3.11 Å². The van der Waals surface area contributed by atoms with Crippen molar-refractivity contribution in [2.75, 3.05) is 19.7 Å². The first-order valence-electron chi connectivity index (χ1n) is 4.31. The van der Waals surface area contributed by atoms with Gasteiger partial charge in [-0.2, -0.15) is 0 Å². The van der Waals surface area contributed by atoms with Crippen LogP contribution >= 0.6 is 22.9 Å². The molecule has 0 amide bonds. The van der Waals surface area contributed by atoms with E-state index in [4.69, 9.17) is 4.74 Å². The molecule has 0 aromatic heterocycles. The molecule has 1 atom stereocenters. The van der Waals surface area contributed by atoms with Gasteiger partial charge in [0.1, 0.15) is 0 Å². The number of hydrogen-bond acceptors (Lipinski definition) is 3. The molecule has 1 unspecified atom stereocenters. The fraction of sp³-hybridized carbons (Fsp3) is 0.875. The van der Waals surface area contributed by atoms with E-state index in [9.17, 15) is 4.79 Å². The van der Waals surface area contributed by atoms with E-state index in [2.05, 4.69) is 26.0 Å². The Bertz CT molecular complexity index is 163. The Labute approximate surface area is 86.9 Å². The van der Waals surface area contributed by atoms with E-state index in [1.807, 2.05) is 6.92 Å². The molecule has 1 fully saturated rings. The molecule has 0 N–H and O–H groups in total. The minimum atomic E-state index is -0.0288. The first kappa shape index (κ1) is 10.2. The van der Waals surface area contributed by atoms with Gasteiger partial charge in [-0.1, -0.05) is 0 Å². The molecule has 0 bridgehead atoms. The molecule has 1 heterocycles. The van der Waals surface area contributed by atoms with Crippen LogP contribution in [0.3, 0.4) is 0 Å². The molecule has 1 saturated heterocycles. The standard InChI is InChI=1S/C8H14INO2/c1-2-12-8(11)7-4-3-5-10(9)6-7/h7H,2-6H2,1H3. The van der Waals surface area contributed by atoms with Crippen molar-refractivity contribution in [3.8, 4) is 0 Å². The van der Waals surface area contributed by atoms with Gasteiger partial charge in [0.25, 0.3) is 0 Å². The summed E-state index contributed by atoms with van der Waals surface area (Å²) in [5.74, 6) is 0.0782. The molecular formula is C8H14INO2. The molecule has 0 aromatic carbocycles. The van der Waals surface area contributed by atoms with Crippen LogP contribution in [0.25, 0.3) is 0 Å². The van der Waals surface area contributed by atoms with Crippen molar-refractivity contribution in [1.29, 1.82) is 0 Å². The Morgan fingerprint density at radius 3 is 3.08 bits per heavy atom. The number of hydrogen-bond donors (Lipinski definition) is 0. The summed E-state index contributed by atoms with van der Waals surface area (Å²) >= 11 is 2.26. The Balaban J connectivity index is 2.35. The predicted octanol–water partition coefficient (Wildman–Crippen LogP) is 1.61. The van der Waals surface area contributed by atoms with Crippen molar-refractivity contribution in [2.24, 2.45) is 5.92 Å². The lowest BCUT2D eigenvalue weighted by atomic mass is 10.0. The smallest absolute Gasteiger partial charge is 0.310 e. The fourth-order valence-electron chi connectivity index (χ4n) is 1.38. The SMILES string of the molecule is CCOC(=O)C1CCCN(I)C1. The summed E-state index contributed by atoms with van der Waals surface area (Å²) in [6, 6.07) is 0. The Morgan fingerprint density at radius 2 is 2.50 bits per heavy atom. The third-order valence-electron chi connectivity index (χ3n) is 1.99. The second-order valence-electron chi connectivity index (χ2n) is 2.96. The molecule has 1 aliphatic heterocycles. The van der Waals surface area contributed by atoms with Crippen LogP contribution in [0, 0.1) is 5.92 Å².